The number of nitrogens with two attached hydrogens (primary N) is 1. The van der Waals surface area contributed by atoms with Crippen molar-refractivity contribution >= 4 is 11.8 Å². The molecule has 106 valence electrons. The second kappa shape index (κ2) is 6.29. The largest absolute Gasteiger partial charge is 0.388 e. The Hall–Kier alpha value is -0.510. The summed E-state index contributed by atoms with van der Waals surface area (Å²) in [7, 11) is 0. The molecule has 3 heteroatoms. The lowest BCUT2D eigenvalue weighted by Crippen LogP contribution is -2.41. The molecule has 1 aliphatic carbocycles. The van der Waals surface area contributed by atoms with Gasteiger partial charge in [0.2, 0.25) is 0 Å². The van der Waals surface area contributed by atoms with Gasteiger partial charge in [0.15, 0.2) is 0 Å². The number of aryl methyl sites for hydroxylation is 2. The SMILES string of the molecule is Cc1ccc(SCCC2CCCC2(O)CN)c(C)c1. The van der Waals surface area contributed by atoms with E-state index in [2.05, 4.69) is 32.0 Å². The average Bonchev–Trinajstić information content (AvgIpc) is 2.74. The minimum absolute atomic E-state index is 0.385. The Morgan fingerprint density at radius 2 is 2.21 bits per heavy atom. The number of thioether (sulfide) groups is 1. The van der Waals surface area contributed by atoms with Crippen LogP contribution in [0.5, 0.6) is 0 Å². The van der Waals surface area contributed by atoms with Crippen LogP contribution in [0.4, 0.5) is 0 Å². The highest BCUT2D eigenvalue weighted by atomic mass is 32.2. The summed E-state index contributed by atoms with van der Waals surface area (Å²) in [6.45, 7) is 4.70. The summed E-state index contributed by atoms with van der Waals surface area (Å²) in [5, 5.41) is 10.4. The highest BCUT2D eigenvalue weighted by Crippen LogP contribution is 2.38. The highest BCUT2D eigenvalue weighted by Gasteiger charge is 2.39. The molecule has 0 saturated heterocycles. The molecule has 3 N–H and O–H groups in total. The lowest BCUT2D eigenvalue weighted by Gasteiger charge is -2.28. The van der Waals surface area contributed by atoms with Crippen molar-refractivity contribution in [1.29, 1.82) is 0 Å². The second-order valence-corrected chi connectivity index (χ2v) is 6.94. The Kier molecular flexibility index (Phi) is 4.93. The summed E-state index contributed by atoms with van der Waals surface area (Å²) < 4.78 is 0. The smallest absolute Gasteiger partial charge is 0.0797 e. The molecule has 2 unspecified atom stereocenters. The highest BCUT2D eigenvalue weighted by molar-refractivity contribution is 7.99. The maximum absolute atomic E-state index is 10.4. The lowest BCUT2D eigenvalue weighted by molar-refractivity contribution is 0.0104. The van der Waals surface area contributed by atoms with Gasteiger partial charge >= 0.3 is 0 Å². The summed E-state index contributed by atoms with van der Waals surface area (Å²) in [5.41, 5.74) is 7.80. The molecule has 2 atom stereocenters. The predicted octanol–water partition coefficient (Wildman–Crippen LogP) is 3.28. The van der Waals surface area contributed by atoms with Crippen LogP contribution in [0.15, 0.2) is 23.1 Å². The number of aliphatic hydroxyl groups is 1. The zero-order valence-corrected chi connectivity index (χ0v) is 12.8. The average molecular weight is 279 g/mol. The Labute approximate surface area is 120 Å². The van der Waals surface area contributed by atoms with Crippen LogP contribution in [0.3, 0.4) is 0 Å². The molecule has 0 spiro atoms. The normalized spacial score (nSPS) is 26.8. The van der Waals surface area contributed by atoms with Crippen molar-refractivity contribution in [3.8, 4) is 0 Å². The van der Waals surface area contributed by atoms with E-state index in [4.69, 9.17) is 5.73 Å². The fourth-order valence-corrected chi connectivity index (χ4v) is 4.15. The third-order valence-corrected chi connectivity index (χ3v) is 5.54. The van der Waals surface area contributed by atoms with Gasteiger partial charge in [0.05, 0.1) is 5.60 Å². The van der Waals surface area contributed by atoms with Crippen molar-refractivity contribution in [3.05, 3.63) is 29.3 Å². The molecule has 19 heavy (non-hydrogen) atoms. The van der Waals surface area contributed by atoms with Crippen molar-refractivity contribution < 1.29 is 5.11 Å². The minimum Gasteiger partial charge on any atom is -0.388 e. The predicted molar refractivity (Wildman–Crippen MR) is 82.6 cm³/mol. The molecular formula is C16H25NOS. The first-order chi connectivity index (χ1) is 9.05. The summed E-state index contributed by atoms with van der Waals surface area (Å²) >= 11 is 1.90. The Morgan fingerprint density at radius 3 is 2.89 bits per heavy atom. The molecule has 0 radical (unpaired) electrons. The second-order valence-electron chi connectivity index (χ2n) is 5.80. The first-order valence-electron chi connectivity index (χ1n) is 7.17. The fraction of sp³-hybridized carbons (Fsp3) is 0.625. The third-order valence-electron chi connectivity index (χ3n) is 4.33. The van der Waals surface area contributed by atoms with Crippen LogP contribution in [0.1, 0.15) is 36.8 Å². The third kappa shape index (κ3) is 3.53. The number of hydrogen-bond acceptors (Lipinski definition) is 3. The van der Waals surface area contributed by atoms with Crippen LogP contribution < -0.4 is 5.73 Å². The van der Waals surface area contributed by atoms with Gasteiger partial charge < -0.3 is 10.8 Å². The zero-order valence-electron chi connectivity index (χ0n) is 12.0. The molecule has 1 saturated carbocycles. The standard InChI is InChI=1S/C16H25NOS/c1-12-5-6-15(13(2)10-12)19-9-7-14-4-3-8-16(14,18)11-17/h5-6,10,14,18H,3-4,7-9,11,17H2,1-2H3. The van der Waals surface area contributed by atoms with Crippen LogP contribution in [0, 0.1) is 19.8 Å². The number of rotatable bonds is 5. The van der Waals surface area contributed by atoms with Gasteiger partial charge in [-0.15, -0.1) is 11.8 Å². The maximum Gasteiger partial charge on any atom is 0.0797 e. The maximum atomic E-state index is 10.4. The molecule has 1 aromatic carbocycles. The van der Waals surface area contributed by atoms with E-state index >= 15 is 0 Å². The molecular weight excluding hydrogens is 254 g/mol. The van der Waals surface area contributed by atoms with E-state index < -0.39 is 5.60 Å². The van der Waals surface area contributed by atoms with Gasteiger partial charge in [-0.25, -0.2) is 0 Å². The van der Waals surface area contributed by atoms with E-state index in [9.17, 15) is 5.11 Å². The molecule has 0 aromatic heterocycles. The van der Waals surface area contributed by atoms with E-state index in [0.717, 1.165) is 31.4 Å². The van der Waals surface area contributed by atoms with Crippen molar-refractivity contribution in [1.82, 2.24) is 0 Å². The number of benzene rings is 1. The zero-order chi connectivity index (χ0) is 13.9. The summed E-state index contributed by atoms with van der Waals surface area (Å²) in [6.07, 6.45) is 4.18. The van der Waals surface area contributed by atoms with E-state index in [-0.39, 0.29) is 0 Å². The molecule has 1 aromatic rings. The first-order valence-corrected chi connectivity index (χ1v) is 8.16. The Bertz CT molecular complexity index is 435. The Balaban J connectivity index is 1.86. The molecule has 2 rings (SSSR count). The van der Waals surface area contributed by atoms with E-state index in [1.165, 1.54) is 16.0 Å². The summed E-state index contributed by atoms with van der Waals surface area (Å²) in [4.78, 5) is 1.36. The molecule has 0 amide bonds. The molecule has 1 aliphatic rings. The molecule has 2 nitrogen and oxygen atoms in total. The summed E-state index contributed by atoms with van der Waals surface area (Å²) in [5.74, 6) is 1.45. The van der Waals surface area contributed by atoms with Crippen LogP contribution in [0.2, 0.25) is 0 Å². The van der Waals surface area contributed by atoms with Gasteiger partial charge in [0, 0.05) is 11.4 Å². The van der Waals surface area contributed by atoms with Crippen molar-refractivity contribution in [2.75, 3.05) is 12.3 Å². The van der Waals surface area contributed by atoms with Gasteiger partial charge in [-0.05, 0) is 56.4 Å². The lowest BCUT2D eigenvalue weighted by atomic mass is 9.89. The van der Waals surface area contributed by atoms with Gasteiger partial charge in [-0.2, -0.15) is 0 Å². The van der Waals surface area contributed by atoms with Gasteiger partial charge in [-0.3, -0.25) is 0 Å². The fourth-order valence-electron chi connectivity index (χ4n) is 3.08. The molecule has 0 aliphatic heterocycles. The van der Waals surface area contributed by atoms with Crippen LogP contribution in [-0.2, 0) is 0 Å². The quantitative estimate of drug-likeness (QED) is 0.813. The number of hydrogen-bond donors (Lipinski definition) is 2. The molecule has 0 heterocycles. The molecule has 1 fully saturated rings. The van der Waals surface area contributed by atoms with E-state index in [0.29, 0.717) is 12.5 Å². The Morgan fingerprint density at radius 1 is 1.42 bits per heavy atom. The molecule has 0 bridgehead atoms. The van der Waals surface area contributed by atoms with Gasteiger partial charge in [0.25, 0.3) is 0 Å². The minimum atomic E-state index is -0.594. The van der Waals surface area contributed by atoms with Crippen molar-refractivity contribution in [2.24, 2.45) is 11.7 Å². The van der Waals surface area contributed by atoms with Gasteiger partial charge in [0.1, 0.15) is 0 Å². The van der Waals surface area contributed by atoms with E-state index in [1.54, 1.807) is 0 Å². The topological polar surface area (TPSA) is 46.2 Å². The van der Waals surface area contributed by atoms with Crippen LogP contribution in [0.25, 0.3) is 0 Å². The monoisotopic (exact) mass is 279 g/mol. The van der Waals surface area contributed by atoms with E-state index in [1.807, 2.05) is 11.8 Å². The van der Waals surface area contributed by atoms with Crippen molar-refractivity contribution in [2.45, 2.75) is 50.0 Å². The van der Waals surface area contributed by atoms with Crippen LogP contribution in [-0.4, -0.2) is 23.0 Å². The van der Waals surface area contributed by atoms with Gasteiger partial charge in [-0.1, -0.05) is 24.1 Å². The van der Waals surface area contributed by atoms with Crippen molar-refractivity contribution in [3.63, 3.8) is 0 Å². The summed E-state index contributed by atoms with van der Waals surface area (Å²) in [6, 6.07) is 6.61. The van der Waals surface area contributed by atoms with Crippen LogP contribution >= 0.6 is 11.8 Å². The first kappa shape index (κ1) is 14.9.